The van der Waals surface area contributed by atoms with Gasteiger partial charge in [-0.15, -0.1) is 0 Å². The summed E-state index contributed by atoms with van der Waals surface area (Å²) < 4.78 is 5.08. The van der Waals surface area contributed by atoms with E-state index in [1.165, 1.54) is 7.05 Å². The Kier molecular flexibility index (Phi) is 2.11. The Bertz CT molecular complexity index is 131. The molecule has 1 atom stereocenters. The molecule has 0 aliphatic carbocycles. The molecule has 4 heteroatoms. The highest BCUT2D eigenvalue weighted by atomic mass is 16.5. The maximum atomic E-state index is 10.2. The summed E-state index contributed by atoms with van der Waals surface area (Å²) in [5, 5.41) is 10.2. The Morgan fingerprint density at radius 3 is 2.80 bits per heavy atom. The van der Waals surface area contributed by atoms with Crippen LogP contribution in [0.25, 0.3) is 0 Å². The Labute approximate surface area is 59.4 Å². The van der Waals surface area contributed by atoms with E-state index in [4.69, 9.17) is 4.74 Å². The maximum Gasteiger partial charge on any atom is 0.454 e. The molecule has 0 bridgehead atoms. The van der Waals surface area contributed by atoms with E-state index < -0.39 is 6.09 Å². The minimum atomic E-state index is -1.17. The number of rotatable bonds is 1. The minimum Gasteiger partial charge on any atom is -0.358 e. The molecule has 4 nitrogen and oxygen atoms in total. The molecule has 0 saturated carbocycles. The van der Waals surface area contributed by atoms with Gasteiger partial charge in [-0.05, 0) is 12.8 Å². The Morgan fingerprint density at radius 1 is 1.70 bits per heavy atom. The van der Waals surface area contributed by atoms with Crippen molar-refractivity contribution in [3.8, 4) is 0 Å². The zero-order valence-electron chi connectivity index (χ0n) is 5.87. The van der Waals surface area contributed by atoms with Crippen LogP contribution in [0, 0.1) is 0 Å². The highest BCUT2D eigenvalue weighted by Crippen LogP contribution is 2.14. The standard InChI is InChI=1S/C6H10NO3/c1-7(6(8)9)5-3-2-4-10-5/h5H,2-4H2,1H3. The summed E-state index contributed by atoms with van der Waals surface area (Å²) in [6.07, 6.45) is 0.268. The molecule has 0 aromatic heterocycles. The predicted molar refractivity (Wildman–Crippen MR) is 32.8 cm³/mol. The van der Waals surface area contributed by atoms with E-state index >= 15 is 0 Å². The first-order chi connectivity index (χ1) is 4.72. The van der Waals surface area contributed by atoms with Crippen molar-refractivity contribution < 1.29 is 14.6 Å². The smallest absolute Gasteiger partial charge is 0.358 e. The predicted octanol–water partition coefficient (Wildman–Crippen LogP) is 0.605. The highest BCUT2D eigenvalue weighted by Gasteiger charge is 2.24. The fraction of sp³-hybridized carbons (Fsp3) is 0.833. The van der Waals surface area contributed by atoms with Crippen LogP contribution in [0.3, 0.4) is 0 Å². The van der Waals surface area contributed by atoms with E-state index in [-0.39, 0.29) is 6.23 Å². The van der Waals surface area contributed by atoms with Gasteiger partial charge in [-0.25, -0.2) is 9.90 Å². The zero-order valence-corrected chi connectivity index (χ0v) is 5.87. The molecule has 0 aromatic carbocycles. The molecule has 1 unspecified atom stereocenters. The summed E-state index contributed by atoms with van der Waals surface area (Å²) in [5.74, 6) is 0. The van der Waals surface area contributed by atoms with Crippen LogP contribution in [-0.2, 0) is 9.84 Å². The van der Waals surface area contributed by atoms with Gasteiger partial charge < -0.3 is 4.74 Å². The third-order valence-electron chi connectivity index (χ3n) is 1.63. The molecule has 1 fully saturated rings. The molecule has 1 radical (unpaired) electrons. The van der Waals surface area contributed by atoms with E-state index in [0.29, 0.717) is 6.61 Å². The van der Waals surface area contributed by atoms with Crippen LogP contribution >= 0.6 is 0 Å². The lowest BCUT2D eigenvalue weighted by molar-refractivity contribution is -0.00361. The molecule has 0 spiro atoms. The van der Waals surface area contributed by atoms with E-state index in [2.05, 4.69) is 0 Å². The molecular weight excluding hydrogens is 134 g/mol. The van der Waals surface area contributed by atoms with Gasteiger partial charge in [0, 0.05) is 13.7 Å². The summed E-state index contributed by atoms with van der Waals surface area (Å²) in [5.41, 5.74) is 0. The van der Waals surface area contributed by atoms with Gasteiger partial charge >= 0.3 is 6.09 Å². The third-order valence-corrected chi connectivity index (χ3v) is 1.63. The van der Waals surface area contributed by atoms with Crippen molar-refractivity contribution in [1.29, 1.82) is 0 Å². The monoisotopic (exact) mass is 144 g/mol. The topological polar surface area (TPSA) is 49.4 Å². The van der Waals surface area contributed by atoms with E-state index in [0.717, 1.165) is 17.7 Å². The van der Waals surface area contributed by atoms with E-state index in [9.17, 15) is 9.90 Å². The van der Waals surface area contributed by atoms with Gasteiger partial charge in [0.25, 0.3) is 0 Å². The highest BCUT2D eigenvalue weighted by molar-refractivity contribution is 5.64. The number of hydrogen-bond acceptors (Lipinski definition) is 2. The number of ether oxygens (including phenoxy) is 1. The fourth-order valence-electron chi connectivity index (χ4n) is 0.984. The number of carbonyl (C=O) groups excluding carboxylic acids is 1. The van der Waals surface area contributed by atoms with Crippen LogP contribution in [0.2, 0.25) is 0 Å². The Hall–Kier alpha value is -0.770. The Balaban J connectivity index is 2.39. The van der Waals surface area contributed by atoms with Crippen molar-refractivity contribution in [1.82, 2.24) is 4.90 Å². The molecule has 57 valence electrons. The van der Waals surface area contributed by atoms with E-state index in [1.54, 1.807) is 0 Å². The van der Waals surface area contributed by atoms with Gasteiger partial charge in [0.15, 0.2) is 0 Å². The third kappa shape index (κ3) is 1.39. The summed E-state index contributed by atoms with van der Waals surface area (Å²) in [6, 6.07) is 0. The van der Waals surface area contributed by atoms with Crippen LogP contribution in [-0.4, -0.2) is 30.9 Å². The van der Waals surface area contributed by atoms with Gasteiger partial charge in [-0.2, -0.15) is 0 Å². The van der Waals surface area contributed by atoms with Gasteiger partial charge in [-0.1, -0.05) is 0 Å². The SMILES string of the molecule is CN(C([O])=O)C1CCCO1. The second-order valence-corrected chi connectivity index (χ2v) is 2.34. The van der Waals surface area contributed by atoms with Crippen molar-refractivity contribution in [2.24, 2.45) is 0 Å². The van der Waals surface area contributed by atoms with Gasteiger partial charge in [0.05, 0.1) is 0 Å². The lowest BCUT2D eigenvalue weighted by Gasteiger charge is -2.18. The normalized spacial score (nSPS) is 24.7. The van der Waals surface area contributed by atoms with Crippen LogP contribution in [0.1, 0.15) is 12.8 Å². The average Bonchev–Trinajstić information content (AvgIpc) is 2.36. The molecule has 1 aliphatic rings. The molecule has 1 rings (SSSR count). The summed E-state index contributed by atoms with van der Waals surface area (Å²) >= 11 is 0. The first-order valence-electron chi connectivity index (χ1n) is 3.27. The molecule has 0 N–H and O–H groups in total. The quantitative estimate of drug-likeness (QED) is 0.541. The number of amides is 1. The van der Waals surface area contributed by atoms with Gasteiger partial charge in [0.2, 0.25) is 0 Å². The van der Waals surface area contributed by atoms with Crippen molar-refractivity contribution in [3.05, 3.63) is 0 Å². The zero-order chi connectivity index (χ0) is 7.56. The molecule has 1 heterocycles. The largest absolute Gasteiger partial charge is 0.454 e. The summed E-state index contributed by atoms with van der Waals surface area (Å²) in [6.45, 7) is 0.655. The van der Waals surface area contributed by atoms with Crippen LogP contribution < -0.4 is 0 Å². The molecule has 1 saturated heterocycles. The van der Waals surface area contributed by atoms with E-state index in [1.807, 2.05) is 0 Å². The van der Waals surface area contributed by atoms with Gasteiger partial charge in [-0.3, -0.25) is 4.90 Å². The number of hydrogen-bond donors (Lipinski definition) is 0. The molecule has 1 aliphatic heterocycles. The minimum absolute atomic E-state index is 0.273. The fourth-order valence-corrected chi connectivity index (χ4v) is 0.984. The number of carbonyl (C=O) groups is 1. The van der Waals surface area contributed by atoms with Crippen molar-refractivity contribution >= 4 is 6.09 Å². The van der Waals surface area contributed by atoms with Crippen LogP contribution in [0.5, 0.6) is 0 Å². The van der Waals surface area contributed by atoms with Crippen molar-refractivity contribution in [3.63, 3.8) is 0 Å². The molecular formula is C6H10NO3. The second-order valence-electron chi connectivity index (χ2n) is 2.34. The maximum absolute atomic E-state index is 10.2. The van der Waals surface area contributed by atoms with Crippen molar-refractivity contribution in [2.45, 2.75) is 19.1 Å². The summed E-state index contributed by atoms with van der Waals surface area (Å²) in [7, 11) is 1.46. The number of nitrogens with zero attached hydrogens (tertiary/aromatic N) is 1. The molecule has 10 heavy (non-hydrogen) atoms. The lowest BCUT2D eigenvalue weighted by atomic mass is 10.3. The molecule has 1 amide bonds. The lowest BCUT2D eigenvalue weighted by Crippen LogP contribution is -2.34. The average molecular weight is 144 g/mol. The van der Waals surface area contributed by atoms with Crippen LogP contribution in [0.4, 0.5) is 4.79 Å². The first kappa shape index (κ1) is 7.34. The molecule has 0 aromatic rings. The second kappa shape index (κ2) is 2.88. The first-order valence-corrected chi connectivity index (χ1v) is 3.27. The van der Waals surface area contributed by atoms with Gasteiger partial charge in [0.1, 0.15) is 6.23 Å². The summed E-state index contributed by atoms with van der Waals surface area (Å²) in [4.78, 5) is 11.3. The van der Waals surface area contributed by atoms with Crippen molar-refractivity contribution in [2.75, 3.05) is 13.7 Å². The van der Waals surface area contributed by atoms with Crippen LogP contribution in [0.15, 0.2) is 0 Å². The Morgan fingerprint density at radius 2 is 2.40 bits per heavy atom.